The first kappa shape index (κ1) is 13.8. The maximum atomic E-state index is 12.4. The number of rotatable bonds is 1. The van der Waals surface area contributed by atoms with Gasteiger partial charge in [-0.25, -0.2) is 0 Å². The molecule has 0 unspecified atom stereocenters. The molecular formula is C14H27N3O. The Morgan fingerprint density at radius 3 is 2.28 bits per heavy atom. The molecule has 0 radical (unpaired) electrons. The molecule has 1 N–H and O–H groups in total. The van der Waals surface area contributed by atoms with E-state index in [9.17, 15) is 4.79 Å². The lowest BCUT2D eigenvalue weighted by Crippen LogP contribution is -2.58. The number of carbonyl (C=O) groups excluding carboxylic acids is 1. The van der Waals surface area contributed by atoms with Crippen LogP contribution in [0.2, 0.25) is 0 Å². The van der Waals surface area contributed by atoms with Gasteiger partial charge in [0.15, 0.2) is 0 Å². The molecule has 2 heterocycles. The van der Waals surface area contributed by atoms with Crippen molar-refractivity contribution in [2.45, 2.75) is 51.6 Å². The van der Waals surface area contributed by atoms with E-state index in [1.807, 2.05) is 4.90 Å². The lowest BCUT2D eigenvalue weighted by atomic mass is 10.0. The molecule has 0 aromatic heterocycles. The summed E-state index contributed by atoms with van der Waals surface area (Å²) in [7, 11) is 0. The van der Waals surface area contributed by atoms with Gasteiger partial charge in [0.2, 0.25) is 5.91 Å². The van der Waals surface area contributed by atoms with E-state index in [0.717, 1.165) is 39.1 Å². The van der Waals surface area contributed by atoms with Crippen molar-refractivity contribution in [1.82, 2.24) is 15.1 Å². The predicted molar refractivity (Wildman–Crippen MR) is 73.5 cm³/mol. The average Bonchev–Trinajstić information content (AvgIpc) is 2.38. The van der Waals surface area contributed by atoms with Crippen molar-refractivity contribution < 1.29 is 4.79 Å². The number of amides is 1. The lowest BCUT2D eigenvalue weighted by molar-refractivity contribution is -0.136. The van der Waals surface area contributed by atoms with Gasteiger partial charge < -0.3 is 10.2 Å². The fourth-order valence-electron chi connectivity index (χ4n) is 2.88. The molecule has 2 aliphatic rings. The van der Waals surface area contributed by atoms with E-state index in [1.165, 1.54) is 12.8 Å². The van der Waals surface area contributed by atoms with E-state index in [2.05, 4.69) is 31.0 Å². The number of hydrogen-bond donors (Lipinski definition) is 1. The number of hydrogen-bond acceptors (Lipinski definition) is 3. The molecule has 2 rings (SSSR count). The van der Waals surface area contributed by atoms with Gasteiger partial charge in [0.05, 0.1) is 6.04 Å². The summed E-state index contributed by atoms with van der Waals surface area (Å²) in [6, 6.07) is 0.0833. The van der Waals surface area contributed by atoms with Crippen molar-refractivity contribution in [2.24, 2.45) is 0 Å². The van der Waals surface area contributed by atoms with Gasteiger partial charge in [0, 0.05) is 31.7 Å². The van der Waals surface area contributed by atoms with Crippen molar-refractivity contribution in [3.63, 3.8) is 0 Å². The third-order valence-corrected chi connectivity index (χ3v) is 4.15. The van der Waals surface area contributed by atoms with E-state index in [1.54, 1.807) is 0 Å². The molecular weight excluding hydrogens is 226 g/mol. The molecule has 2 aliphatic heterocycles. The zero-order valence-corrected chi connectivity index (χ0v) is 12.0. The van der Waals surface area contributed by atoms with E-state index >= 15 is 0 Å². The summed E-state index contributed by atoms with van der Waals surface area (Å²) in [5.41, 5.74) is 0.220. The van der Waals surface area contributed by atoms with Crippen molar-refractivity contribution in [3.8, 4) is 0 Å². The van der Waals surface area contributed by atoms with Crippen molar-refractivity contribution in [1.29, 1.82) is 0 Å². The highest BCUT2D eigenvalue weighted by Gasteiger charge is 2.31. The Labute approximate surface area is 111 Å². The van der Waals surface area contributed by atoms with Crippen LogP contribution >= 0.6 is 0 Å². The van der Waals surface area contributed by atoms with Crippen molar-refractivity contribution in [2.75, 3.05) is 32.7 Å². The number of nitrogens with one attached hydrogen (secondary N) is 1. The van der Waals surface area contributed by atoms with Crippen LogP contribution in [0.5, 0.6) is 0 Å². The summed E-state index contributed by atoms with van der Waals surface area (Å²) >= 11 is 0. The fourth-order valence-corrected chi connectivity index (χ4v) is 2.88. The summed E-state index contributed by atoms with van der Waals surface area (Å²) in [6.07, 6.45) is 3.41. The monoisotopic (exact) mass is 253 g/mol. The molecule has 2 fully saturated rings. The molecule has 18 heavy (non-hydrogen) atoms. The number of carbonyl (C=O) groups is 1. The molecule has 0 saturated carbocycles. The standard InChI is InChI=1S/C14H27N3O/c1-14(2,3)17-10-8-16(9-11-17)13(18)12-6-4-5-7-15-12/h12,15H,4-11H2,1-3H3/t12-/m0/s1. The highest BCUT2D eigenvalue weighted by Crippen LogP contribution is 2.17. The highest BCUT2D eigenvalue weighted by molar-refractivity contribution is 5.82. The zero-order chi connectivity index (χ0) is 13.2. The largest absolute Gasteiger partial charge is 0.339 e. The molecule has 0 aromatic carbocycles. The molecule has 4 nitrogen and oxygen atoms in total. The van der Waals surface area contributed by atoms with Crippen LogP contribution in [-0.2, 0) is 4.79 Å². The lowest BCUT2D eigenvalue weighted by Gasteiger charge is -2.43. The topological polar surface area (TPSA) is 35.6 Å². The van der Waals surface area contributed by atoms with Crippen LogP contribution in [0.1, 0.15) is 40.0 Å². The van der Waals surface area contributed by atoms with Gasteiger partial charge >= 0.3 is 0 Å². The smallest absolute Gasteiger partial charge is 0.239 e. The Balaban J connectivity index is 1.83. The van der Waals surface area contributed by atoms with Gasteiger partial charge in [-0.05, 0) is 40.2 Å². The SMILES string of the molecule is CC(C)(C)N1CCN(C(=O)[C@@H]2CCCCN2)CC1. The Morgan fingerprint density at radius 1 is 1.11 bits per heavy atom. The second-order valence-corrected chi connectivity index (χ2v) is 6.49. The first-order chi connectivity index (χ1) is 8.48. The minimum Gasteiger partial charge on any atom is -0.339 e. The Morgan fingerprint density at radius 2 is 1.78 bits per heavy atom. The Kier molecular flexibility index (Phi) is 4.28. The van der Waals surface area contributed by atoms with Crippen LogP contribution in [0.3, 0.4) is 0 Å². The van der Waals surface area contributed by atoms with Gasteiger partial charge in [-0.2, -0.15) is 0 Å². The summed E-state index contributed by atoms with van der Waals surface area (Å²) in [5, 5.41) is 3.35. The second kappa shape index (κ2) is 5.57. The van der Waals surface area contributed by atoms with Crippen molar-refractivity contribution >= 4 is 5.91 Å². The molecule has 0 aromatic rings. The van der Waals surface area contributed by atoms with Crippen molar-refractivity contribution in [3.05, 3.63) is 0 Å². The van der Waals surface area contributed by atoms with E-state index < -0.39 is 0 Å². The molecule has 0 bridgehead atoms. The summed E-state index contributed by atoms with van der Waals surface area (Å²) < 4.78 is 0. The minimum atomic E-state index is 0.0833. The summed E-state index contributed by atoms with van der Waals surface area (Å²) in [6.45, 7) is 11.5. The number of nitrogens with zero attached hydrogens (tertiary/aromatic N) is 2. The zero-order valence-electron chi connectivity index (χ0n) is 12.0. The van der Waals surface area contributed by atoms with Crippen LogP contribution in [0.4, 0.5) is 0 Å². The molecule has 2 saturated heterocycles. The fraction of sp³-hybridized carbons (Fsp3) is 0.929. The van der Waals surface area contributed by atoms with Crippen LogP contribution in [0, 0.1) is 0 Å². The summed E-state index contributed by atoms with van der Waals surface area (Å²) in [5.74, 6) is 0.322. The van der Waals surface area contributed by atoms with E-state index in [0.29, 0.717) is 5.91 Å². The number of piperazine rings is 1. The van der Waals surface area contributed by atoms with Gasteiger partial charge in [-0.3, -0.25) is 9.69 Å². The van der Waals surface area contributed by atoms with Crippen LogP contribution in [0.15, 0.2) is 0 Å². The molecule has 1 amide bonds. The van der Waals surface area contributed by atoms with Crippen LogP contribution < -0.4 is 5.32 Å². The maximum Gasteiger partial charge on any atom is 0.239 e. The molecule has 104 valence electrons. The maximum absolute atomic E-state index is 12.4. The third kappa shape index (κ3) is 3.23. The molecule has 4 heteroatoms. The number of piperidine rings is 1. The summed E-state index contributed by atoms with van der Waals surface area (Å²) in [4.78, 5) is 16.9. The Bertz CT molecular complexity index is 284. The van der Waals surface area contributed by atoms with Crippen LogP contribution in [0.25, 0.3) is 0 Å². The minimum absolute atomic E-state index is 0.0833. The average molecular weight is 253 g/mol. The Hall–Kier alpha value is -0.610. The van der Waals surface area contributed by atoms with E-state index in [4.69, 9.17) is 0 Å². The highest BCUT2D eigenvalue weighted by atomic mass is 16.2. The molecule has 0 spiro atoms. The van der Waals surface area contributed by atoms with Gasteiger partial charge in [0.1, 0.15) is 0 Å². The van der Waals surface area contributed by atoms with Gasteiger partial charge in [-0.1, -0.05) is 6.42 Å². The van der Waals surface area contributed by atoms with Gasteiger partial charge in [0.25, 0.3) is 0 Å². The first-order valence-corrected chi connectivity index (χ1v) is 7.26. The first-order valence-electron chi connectivity index (χ1n) is 7.26. The quantitative estimate of drug-likeness (QED) is 0.759. The van der Waals surface area contributed by atoms with Gasteiger partial charge in [-0.15, -0.1) is 0 Å². The van der Waals surface area contributed by atoms with Crippen LogP contribution in [-0.4, -0.2) is 60.0 Å². The molecule has 1 atom stereocenters. The molecule has 0 aliphatic carbocycles. The second-order valence-electron chi connectivity index (χ2n) is 6.49. The van der Waals surface area contributed by atoms with E-state index in [-0.39, 0.29) is 11.6 Å². The third-order valence-electron chi connectivity index (χ3n) is 4.15. The predicted octanol–water partition coefficient (Wildman–Crippen LogP) is 1.07. The normalized spacial score (nSPS) is 27.3.